The minimum atomic E-state index is -1.11. The normalized spacial score (nSPS) is 27.3. The molecule has 1 heterocycles. The number of carbonyl (C=O) groups excluding carboxylic acids is 4. The molecule has 36 heavy (non-hydrogen) atoms. The summed E-state index contributed by atoms with van der Waals surface area (Å²) in [6.45, 7) is -0.211. The van der Waals surface area contributed by atoms with E-state index in [1.165, 1.54) is 19.3 Å². The van der Waals surface area contributed by atoms with Gasteiger partial charge in [-0.05, 0) is 52.4 Å². The topological polar surface area (TPSA) is 138 Å². The van der Waals surface area contributed by atoms with Crippen molar-refractivity contribution in [2.75, 3.05) is 13.7 Å². The SMILES string of the molecule is COc1ccc(C2C3=CCC4C(=O)N(CCC(=O)O)C(=O)C4C3CC3=C2C(=O)C=C(Br)C3=O)cc1O. The van der Waals surface area contributed by atoms with Crippen LogP contribution in [0.1, 0.15) is 30.7 Å². The fourth-order valence-electron chi connectivity index (χ4n) is 5.97. The van der Waals surface area contributed by atoms with Gasteiger partial charge in [-0.1, -0.05) is 17.7 Å². The van der Waals surface area contributed by atoms with E-state index in [1.54, 1.807) is 12.1 Å². The largest absolute Gasteiger partial charge is 0.504 e. The molecule has 2 N–H and O–H groups in total. The number of nitrogens with zero attached hydrogens (tertiary/aromatic N) is 1. The van der Waals surface area contributed by atoms with Crippen LogP contribution in [0.4, 0.5) is 0 Å². The molecular formula is C26H22BrNO8. The molecular weight excluding hydrogens is 534 g/mol. The Morgan fingerprint density at radius 3 is 2.58 bits per heavy atom. The van der Waals surface area contributed by atoms with Crippen molar-refractivity contribution in [3.05, 3.63) is 57.1 Å². The van der Waals surface area contributed by atoms with Crippen LogP contribution in [0.15, 0.2) is 51.6 Å². The highest BCUT2D eigenvalue weighted by Crippen LogP contribution is 2.55. The van der Waals surface area contributed by atoms with E-state index in [1.807, 2.05) is 6.08 Å². The maximum Gasteiger partial charge on any atom is 0.305 e. The molecule has 4 aliphatic rings. The highest BCUT2D eigenvalue weighted by atomic mass is 79.9. The zero-order valence-electron chi connectivity index (χ0n) is 19.2. The number of phenols is 1. The summed E-state index contributed by atoms with van der Waals surface area (Å²) in [5.74, 6) is -5.19. The van der Waals surface area contributed by atoms with Gasteiger partial charge in [0.1, 0.15) is 0 Å². The second-order valence-electron chi connectivity index (χ2n) is 9.30. The first-order valence-electron chi connectivity index (χ1n) is 11.5. The average Bonchev–Trinajstić information content (AvgIpc) is 3.09. The van der Waals surface area contributed by atoms with E-state index in [-0.39, 0.29) is 58.9 Å². The number of rotatable bonds is 5. The molecule has 0 aromatic heterocycles. The molecule has 4 unspecified atom stereocenters. The second kappa shape index (κ2) is 8.85. The number of ketones is 2. The number of methoxy groups -OCH3 is 1. The van der Waals surface area contributed by atoms with E-state index in [0.29, 0.717) is 11.1 Å². The van der Waals surface area contributed by atoms with Gasteiger partial charge in [0.15, 0.2) is 23.1 Å². The summed E-state index contributed by atoms with van der Waals surface area (Å²) >= 11 is 3.17. The van der Waals surface area contributed by atoms with Crippen LogP contribution in [-0.4, -0.2) is 58.1 Å². The number of benzene rings is 1. The molecule has 1 fully saturated rings. The summed E-state index contributed by atoms with van der Waals surface area (Å²) in [5, 5.41) is 19.5. The predicted molar refractivity (Wildman–Crippen MR) is 128 cm³/mol. The standard InChI is InChI=1S/C26H22BrNO8/c1-36-19-5-2-11(8-17(19)29)21-12-3-4-13-22(26(35)28(25(13)34)7-6-20(31)32)14(12)9-15-23(21)18(30)10-16(27)24(15)33/h2-3,5,8,10,13-14,21-22,29H,4,6-7,9H2,1H3,(H,31,32). The maximum atomic E-state index is 13.4. The average molecular weight is 556 g/mol. The van der Waals surface area contributed by atoms with Crippen LogP contribution >= 0.6 is 15.9 Å². The first kappa shape index (κ1) is 24.2. The van der Waals surface area contributed by atoms with Crippen molar-refractivity contribution in [2.24, 2.45) is 17.8 Å². The number of fused-ring (bicyclic) bond motifs is 3. The van der Waals surface area contributed by atoms with Gasteiger partial charge in [0.25, 0.3) is 0 Å². The molecule has 1 aromatic carbocycles. The van der Waals surface area contributed by atoms with Crippen molar-refractivity contribution >= 4 is 45.3 Å². The molecule has 0 bridgehead atoms. The number of hydrogen-bond acceptors (Lipinski definition) is 7. The number of carboxylic acids is 1. The number of ether oxygens (including phenoxy) is 1. The molecule has 0 saturated carbocycles. The lowest BCUT2D eigenvalue weighted by atomic mass is 9.59. The molecule has 4 atom stereocenters. The van der Waals surface area contributed by atoms with E-state index < -0.39 is 41.5 Å². The van der Waals surface area contributed by atoms with Crippen LogP contribution < -0.4 is 4.74 Å². The number of aromatic hydroxyl groups is 1. The summed E-state index contributed by atoms with van der Waals surface area (Å²) < 4.78 is 5.27. The third kappa shape index (κ3) is 3.62. The molecule has 2 amide bonds. The zero-order chi connectivity index (χ0) is 25.9. The lowest BCUT2D eigenvalue weighted by Gasteiger charge is -2.42. The third-order valence-electron chi connectivity index (χ3n) is 7.51. The Morgan fingerprint density at radius 1 is 1.17 bits per heavy atom. The molecule has 1 aliphatic heterocycles. The molecule has 1 aromatic rings. The number of allylic oxidation sites excluding steroid dienone is 6. The van der Waals surface area contributed by atoms with Crippen LogP contribution in [0.5, 0.6) is 11.5 Å². The molecule has 0 radical (unpaired) electrons. The Hall–Kier alpha value is -3.53. The van der Waals surface area contributed by atoms with Gasteiger partial charge in [-0.3, -0.25) is 28.9 Å². The Bertz CT molecular complexity index is 1340. The number of amides is 2. The molecule has 0 spiro atoms. The number of carboxylic acid groups (broad SMARTS) is 1. The van der Waals surface area contributed by atoms with Crippen LogP contribution in [-0.2, 0) is 24.0 Å². The fraction of sp³-hybridized carbons (Fsp3) is 0.346. The number of aliphatic carboxylic acids is 1. The van der Waals surface area contributed by atoms with Crippen molar-refractivity contribution in [1.82, 2.24) is 4.90 Å². The molecule has 186 valence electrons. The van der Waals surface area contributed by atoms with E-state index in [2.05, 4.69) is 15.9 Å². The Kier molecular flexibility index (Phi) is 5.94. The second-order valence-corrected chi connectivity index (χ2v) is 10.2. The van der Waals surface area contributed by atoms with Crippen molar-refractivity contribution in [3.63, 3.8) is 0 Å². The molecule has 1 saturated heterocycles. The van der Waals surface area contributed by atoms with Crippen molar-refractivity contribution in [1.29, 1.82) is 0 Å². The van der Waals surface area contributed by atoms with E-state index >= 15 is 0 Å². The van der Waals surface area contributed by atoms with Crippen LogP contribution in [0.3, 0.4) is 0 Å². The van der Waals surface area contributed by atoms with Gasteiger partial charge in [0.05, 0.1) is 29.8 Å². The van der Waals surface area contributed by atoms with E-state index in [4.69, 9.17) is 9.84 Å². The minimum absolute atomic E-state index is 0.111. The van der Waals surface area contributed by atoms with Gasteiger partial charge in [0, 0.05) is 29.7 Å². The number of imide groups is 1. The summed E-state index contributed by atoms with van der Waals surface area (Å²) in [4.78, 5) is 64.9. The number of likely N-dealkylation sites (tertiary alicyclic amines) is 1. The summed E-state index contributed by atoms with van der Waals surface area (Å²) in [5.41, 5.74) is 1.88. The number of hydrogen-bond donors (Lipinski definition) is 2. The summed E-state index contributed by atoms with van der Waals surface area (Å²) in [7, 11) is 1.42. The first-order chi connectivity index (χ1) is 17.1. The monoisotopic (exact) mass is 555 g/mol. The number of Topliss-reactive ketones (excluding diaryl/α,β-unsaturated/α-hetero) is 1. The lowest BCUT2D eigenvalue weighted by Crippen LogP contribution is -2.39. The van der Waals surface area contributed by atoms with Crippen molar-refractivity contribution in [2.45, 2.75) is 25.2 Å². The zero-order valence-corrected chi connectivity index (χ0v) is 20.8. The summed E-state index contributed by atoms with van der Waals surface area (Å²) in [6, 6.07) is 4.75. The van der Waals surface area contributed by atoms with Crippen LogP contribution in [0, 0.1) is 17.8 Å². The molecule has 10 heteroatoms. The van der Waals surface area contributed by atoms with Gasteiger partial charge in [-0.2, -0.15) is 0 Å². The Balaban J connectivity index is 1.62. The Morgan fingerprint density at radius 2 is 1.92 bits per heavy atom. The first-order valence-corrected chi connectivity index (χ1v) is 12.3. The summed E-state index contributed by atoms with van der Waals surface area (Å²) in [6.07, 6.45) is 3.12. The van der Waals surface area contributed by atoms with Crippen LogP contribution in [0.25, 0.3) is 0 Å². The fourth-order valence-corrected chi connectivity index (χ4v) is 6.41. The van der Waals surface area contributed by atoms with Crippen LogP contribution in [0.2, 0.25) is 0 Å². The maximum absolute atomic E-state index is 13.4. The lowest BCUT2D eigenvalue weighted by molar-refractivity contribution is -0.142. The number of halogens is 1. The predicted octanol–water partition coefficient (Wildman–Crippen LogP) is 2.64. The molecule has 3 aliphatic carbocycles. The highest BCUT2D eigenvalue weighted by Gasteiger charge is 2.56. The van der Waals surface area contributed by atoms with Gasteiger partial charge in [-0.25, -0.2) is 0 Å². The molecule has 5 rings (SSSR count). The van der Waals surface area contributed by atoms with Gasteiger partial charge < -0.3 is 14.9 Å². The molecule has 9 nitrogen and oxygen atoms in total. The third-order valence-corrected chi connectivity index (χ3v) is 8.10. The van der Waals surface area contributed by atoms with Gasteiger partial charge in [-0.15, -0.1) is 0 Å². The van der Waals surface area contributed by atoms with E-state index in [9.17, 15) is 29.1 Å². The number of phenolic OH excluding ortho intramolecular Hbond substituents is 1. The highest BCUT2D eigenvalue weighted by molar-refractivity contribution is 9.12. The smallest absolute Gasteiger partial charge is 0.305 e. The van der Waals surface area contributed by atoms with E-state index in [0.717, 1.165) is 10.5 Å². The van der Waals surface area contributed by atoms with Crippen molar-refractivity contribution in [3.8, 4) is 11.5 Å². The Labute approximate surface area is 214 Å². The minimum Gasteiger partial charge on any atom is -0.504 e. The number of carbonyl (C=O) groups is 5. The van der Waals surface area contributed by atoms with Gasteiger partial charge >= 0.3 is 5.97 Å². The van der Waals surface area contributed by atoms with Gasteiger partial charge in [0.2, 0.25) is 11.8 Å². The quantitative estimate of drug-likeness (QED) is 0.321. The van der Waals surface area contributed by atoms with Crippen molar-refractivity contribution < 1.29 is 38.9 Å².